The van der Waals surface area contributed by atoms with Crippen LogP contribution in [0, 0.1) is 11.6 Å². The molecule has 2 rings (SSSR count). The molecular formula is C15H15F2NS. The summed E-state index contributed by atoms with van der Waals surface area (Å²) >= 11 is 1.51. The molecule has 0 aliphatic rings. The van der Waals surface area contributed by atoms with E-state index in [2.05, 4.69) is 5.32 Å². The molecule has 0 saturated carbocycles. The molecule has 0 aromatic heterocycles. The average molecular weight is 279 g/mol. The molecule has 0 heterocycles. The maximum Gasteiger partial charge on any atom is 0.123 e. The minimum absolute atomic E-state index is 0.239. The van der Waals surface area contributed by atoms with Crippen LogP contribution in [0.25, 0.3) is 0 Å². The summed E-state index contributed by atoms with van der Waals surface area (Å²) in [5.41, 5.74) is 0.913. The summed E-state index contributed by atoms with van der Waals surface area (Å²) in [5, 5.41) is 3.19. The van der Waals surface area contributed by atoms with Crippen molar-refractivity contribution in [1.82, 2.24) is 5.32 Å². The van der Waals surface area contributed by atoms with Crippen molar-refractivity contribution in [3.63, 3.8) is 0 Å². The number of benzene rings is 2. The van der Waals surface area contributed by atoms with Gasteiger partial charge in [-0.05, 0) is 54.6 Å². The second-order valence-corrected chi connectivity index (χ2v) is 5.20. The highest BCUT2D eigenvalue weighted by Crippen LogP contribution is 2.31. The summed E-state index contributed by atoms with van der Waals surface area (Å²) in [5.74, 6) is -0.493. The minimum atomic E-state index is -0.253. The van der Waals surface area contributed by atoms with E-state index < -0.39 is 0 Å². The van der Waals surface area contributed by atoms with Gasteiger partial charge in [0.25, 0.3) is 0 Å². The minimum Gasteiger partial charge on any atom is -0.313 e. The monoisotopic (exact) mass is 279 g/mol. The highest BCUT2D eigenvalue weighted by Gasteiger charge is 2.06. The van der Waals surface area contributed by atoms with E-state index in [1.165, 1.54) is 36.0 Å². The highest BCUT2D eigenvalue weighted by molar-refractivity contribution is 7.99. The molecule has 19 heavy (non-hydrogen) atoms. The first-order valence-electron chi connectivity index (χ1n) is 6.11. The maximum absolute atomic E-state index is 13.3. The molecule has 0 saturated heterocycles. The molecule has 0 amide bonds. The van der Waals surface area contributed by atoms with Gasteiger partial charge in [-0.15, -0.1) is 0 Å². The molecule has 0 bridgehead atoms. The molecule has 0 unspecified atom stereocenters. The summed E-state index contributed by atoms with van der Waals surface area (Å²) < 4.78 is 26.1. The summed E-state index contributed by atoms with van der Waals surface area (Å²) in [7, 11) is 0. The number of nitrogens with one attached hydrogen (secondary N) is 1. The third-order valence-corrected chi connectivity index (χ3v) is 3.76. The molecule has 4 heteroatoms. The van der Waals surface area contributed by atoms with Gasteiger partial charge in [-0.25, -0.2) is 8.78 Å². The Labute approximate surface area is 116 Å². The molecule has 0 radical (unpaired) electrons. The van der Waals surface area contributed by atoms with Gasteiger partial charge >= 0.3 is 0 Å². The topological polar surface area (TPSA) is 12.0 Å². The normalized spacial score (nSPS) is 10.7. The first-order valence-corrected chi connectivity index (χ1v) is 6.93. The number of hydrogen-bond donors (Lipinski definition) is 1. The fourth-order valence-corrected chi connectivity index (χ4v) is 2.60. The Morgan fingerprint density at radius 3 is 2.37 bits per heavy atom. The molecule has 2 aromatic rings. The Morgan fingerprint density at radius 1 is 1.00 bits per heavy atom. The Hall–Kier alpha value is -1.39. The van der Waals surface area contributed by atoms with Gasteiger partial charge in [0.1, 0.15) is 11.6 Å². The zero-order valence-electron chi connectivity index (χ0n) is 10.6. The second-order valence-electron chi connectivity index (χ2n) is 4.09. The van der Waals surface area contributed by atoms with Crippen LogP contribution in [0.15, 0.2) is 52.3 Å². The van der Waals surface area contributed by atoms with Crippen molar-refractivity contribution in [3.8, 4) is 0 Å². The molecule has 1 N–H and O–H groups in total. The Balaban J connectivity index is 2.20. The van der Waals surface area contributed by atoms with Gasteiger partial charge in [-0.3, -0.25) is 0 Å². The summed E-state index contributed by atoms with van der Waals surface area (Å²) in [4.78, 5) is 1.92. The quantitative estimate of drug-likeness (QED) is 0.879. The fourth-order valence-electron chi connectivity index (χ4n) is 1.68. The van der Waals surface area contributed by atoms with Gasteiger partial charge in [0.2, 0.25) is 0 Å². The Kier molecular flexibility index (Phi) is 4.93. The smallest absolute Gasteiger partial charge is 0.123 e. The van der Waals surface area contributed by atoms with Gasteiger partial charge < -0.3 is 5.32 Å². The van der Waals surface area contributed by atoms with Crippen LogP contribution in [0.5, 0.6) is 0 Å². The van der Waals surface area contributed by atoms with E-state index in [9.17, 15) is 8.78 Å². The van der Waals surface area contributed by atoms with Crippen molar-refractivity contribution in [3.05, 3.63) is 59.7 Å². The first kappa shape index (κ1) is 14.0. The van der Waals surface area contributed by atoms with Crippen molar-refractivity contribution < 1.29 is 8.78 Å². The molecule has 0 fully saturated rings. The van der Waals surface area contributed by atoms with Crippen LogP contribution >= 0.6 is 11.8 Å². The standard InChI is InChI=1S/C15H15F2NS/c1-2-18-10-11-9-13(17)5-8-15(11)19-14-6-3-12(16)4-7-14/h3-9,18H,2,10H2,1H3. The van der Waals surface area contributed by atoms with Crippen molar-refractivity contribution >= 4 is 11.8 Å². The van der Waals surface area contributed by atoms with Gasteiger partial charge in [0, 0.05) is 16.3 Å². The van der Waals surface area contributed by atoms with E-state index in [1.54, 1.807) is 18.2 Å². The SMILES string of the molecule is CCNCc1cc(F)ccc1Sc1ccc(F)cc1. The zero-order valence-corrected chi connectivity index (χ0v) is 11.4. The zero-order chi connectivity index (χ0) is 13.7. The van der Waals surface area contributed by atoms with E-state index in [4.69, 9.17) is 0 Å². The van der Waals surface area contributed by atoms with E-state index in [-0.39, 0.29) is 11.6 Å². The van der Waals surface area contributed by atoms with Gasteiger partial charge in [-0.2, -0.15) is 0 Å². The molecular weight excluding hydrogens is 264 g/mol. The maximum atomic E-state index is 13.3. The van der Waals surface area contributed by atoms with E-state index >= 15 is 0 Å². The summed E-state index contributed by atoms with van der Waals surface area (Å²) in [6.45, 7) is 3.46. The predicted molar refractivity (Wildman–Crippen MR) is 74.3 cm³/mol. The molecule has 0 spiro atoms. The lowest BCUT2D eigenvalue weighted by atomic mass is 10.2. The lowest BCUT2D eigenvalue weighted by molar-refractivity contribution is 0.619. The third-order valence-electron chi connectivity index (χ3n) is 2.63. The van der Waals surface area contributed by atoms with Gasteiger partial charge in [0.15, 0.2) is 0 Å². The van der Waals surface area contributed by atoms with Crippen LogP contribution in [-0.2, 0) is 6.54 Å². The van der Waals surface area contributed by atoms with Crippen molar-refractivity contribution in [2.24, 2.45) is 0 Å². The third kappa shape index (κ3) is 4.04. The number of rotatable bonds is 5. The summed E-state index contributed by atoms with van der Waals surface area (Å²) in [6.07, 6.45) is 0. The Bertz CT molecular complexity index is 540. The fraction of sp³-hybridized carbons (Fsp3) is 0.200. The number of halogens is 2. The lowest BCUT2D eigenvalue weighted by Gasteiger charge is -2.10. The molecule has 0 aliphatic heterocycles. The van der Waals surface area contributed by atoms with E-state index in [0.29, 0.717) is 6.54 Å². The van der Waals surface area contributed by atoms with E-state index in [1.807, 2.05) is 6.92 Å². The largest absolute Gasteiger partial charge is 0.313 e. The highest BCUT2D eigenvalue weighted by atomic mass is 32.2. The van der Waals surface area contributed by atoms with Gasteiger partial charge in [-0.1, -0.05) is 18.7 Å². The van der Waals surface area contributed by atoms with Crippen LogP contribution in [0.3, 0.4) is 0 Å². The van der Waals surface area contributed by atoms with Crippen LogP contribution in [0.1, 0.15) is 12.5 Å². The molecule has 1 nitrogen and oxygen atoms in total. The van der Waals surface area contributed by atoms with Crippen LogP contribution in [-0.4, -0.2) is 6.54 Å². The second kappa shape index (κ2) is 6.68. The van der Waals surface area contributed by atoms with Crippen molar-refractivity contribution in [2.75, 3.05) is 6.54 Å². The average Bonchev–Trinajstić information content (AvgIpc) is 2.41. The summed E-state index contributed by atoms with van der Waals surface area (Å²) in [6, 6.07) is 11.0. The molecule has 0 atom stereocenters. The Morgan fingerprint density at radius 2 is 1.68 bits per heavy atom. The first-order chi connectivity index (χ1) is 9.19. The molecule has 0 aliphatic carbocycles. The van der Waals surface area contributed by atoms with Crippen molar-refractivity contribution in [2.45, 2.75) is 23.3 Å². The predicted octanol–water partition coefficient (Wildman–Crippen LogP) is 4.23. The molecule has 2 aromatic carbocycles. The van der Waals surface area contributed by atoms with Crippen LogP contribution in [0.2, 0.25) is 0 Å². The lowest BCUT2D eigenvalue weighted by Crippen LogP contribution is -2.12. The van der Waals surface area contributed by atoms with Crippen molar-refractivity contribution in [1.29, 1.82) is 0 Å². The molecule has 100 valence electrons. The van der Waals surface area contributed by atoms with Gasteiger partial charge in [0.05, 0.1) is 0 Å². The van der Waals surface area contributed by atoms with E-state index in [0.717, 1.165) is 21.9 Å². The van der Waals surface area contributed by atoms with Crippen LogP contribution in [0.4, 0.5) is 8.78 Å². The van der Waals surface area contributed by atoms with Crippen LogP contribution < -0.4 is 5.32 Å². The number of hydrogen-bond acceptors (Lipinski definition) is 2.